The Morgan fingerprint density at radius 1 is 1.05 bits per heavy atom. The maximum atomic E-state index is 13.0. The predicted molar refractivity (Wildman–Crippen MR) is 74.9 cm³/mol. The number of halogens is 2. The molecule has 0 radical (unpaired) electrons. The number of hydrogen-bond donors (Lipinski definition) is 1. The molecule has 0 aliphatic carbocycles. The van der Waals surface area contributed by atoms with Gasteiger partial charge in [0.1, 0.15) is 19.0 Å². The van der Waals surface area contributed by atoms with Crippen LogP contribution < -0.4 is 15.2 Å². The van der Waals surface area contributed by atoms with Crippen molar-refractivity contribution in [3.63, 3.8) is 0 Å². The van der Waals surface area contributed by atoms with Crippen molar-refractivity contribution in [3.8, 4) is 11.5 Å². The SMILES string of the molecule is NC(c1ccc(F)cc1)c1cc2c(cc1Cl)OCCO2. The first-order valence-electron chi connectivity index (χ1n) is 6.25. The monoisotopic (exact) mass is 293 g/mol. The number of hydrogen-bond acceptors (Lipinski definition) is 3. The second-order valence-corrected chi connectivity index (χ2v) is 4.95. The van der Waals surface area contributed by atoms with Crippen LogP contribution >= 0.6 is 11.6 Å². The minimum absolute atomic E-state index is 0.297. The van der Waals surface area contributed by atoms with Gasteiger partial charge in [0.15, 0.2) is 11.5 Å². The van der Waals surface area contributed by atoms with E-state index in [1.807, 2.05) is 0 Å². The van der Waals surface area contributed by atoms with E-state index in [4.69, 9.17) is 26.8 Å². The first-order valence-corrected chi connectivity index (χ1v) is 6.63. The van der Waals surface area contributed by atoms with Crippen LogP contribution in [0, 0.1) is 5.82 Å². The minimum atomic E-state index is -0.445. The summed E-state index contributed by atoms with van der Waals surface area (Å²) in [6.45, 7) is 1.01. The molecule has 0 saturated carbocycles. The lowest BCUT2D eigenvalue weighted by Gasteiger charge is -2.22. The van der Waals surface area contributed by atoms with Gasteiger partial charge in [-0.2, -0.15) is 0 Å². The molecule has 0 fully saturated rings. The van der Waals surface area contributed by atoms with Crippen molar-refractivity contribution in [1.29, 1.82) is 0 Å². The van der Waals surface area contributed by atoms with Crippen LogP contribution in [0.3, 0.4) is 0 Å². The maximum absolute atomic E-state index is 13.0. The van der Waals surface area contributed by atoms with Crippen molar-refractivity contribution < 1.29 is 13.9 Å². The molecular weight excluding hydrogens is 281 g/mol. The van der Waals surface area contributed by atoms with Crippen LogP contribution in [-0.2, 0) is 0 Å². The molecule has 2 aromatic rings. The van der Waals surface area contributed by atoms with Gasteiger partial charge in [0.25, 0.3) is 0 Å². The van der Waals surface area contributed by atoms with Gasteiger partial charge >= 0.3 is 0 Å². The zero-order chi connectivity index (χ0) is 14.1. The van der Waals surface area contributed by atoms with Crippen molar-refractivity contribution in [1.82, 2.24) is 0 Å². The second-order valence-electron chi connectivity index (χ2n) is 4.55. The zero-order valence-corrected chi connectivity index (χ0v) is 11.4. The summed E-state index contributed by atoms with van der Waals surface area (Å²) in [5.41, 5.74) is 7.70. The van der Waals surface area contributed by atoms with Crippen LogP contribution in [0.15, 0.2) is 36.4 Å². The fourth-order valence-corrected chi connectivity index (χ4v) is 2.44. The number of benzene rings is 2. The Kier molecular flexibility index (Phi) is 3.51. The summed E-state index contributed by atoms with van der Waals surface area (Å²) in [6.07, 6.45) is 0. The molecule has 0 saturated heterocycles. The number of ether oxygens (including phenoxy) is 2. The Hall–Kier alpha value is -1.78. The highest BCUT2D eigenvalue weighted by Crippen LogP contribution is 2.38. The van der Waals surface area contributed by atoms with Crippen molar-refractivity contribution in [2.75, 3.05) is 13.2 Å². The van der Waals surface area contributed by atoms with Gasteiger partial charge in [-0.25, -0.2) is 4.39 Å². The molecule has 5 heteroatoms. The maximum Gasteiger partial charge on any atom is 0.162 e. The molecule has 0 spiro atoms. The van der Waals surface area contributed by atoms with Crippen LogP contribution in [-0.4, -0.2) is 13.2 Å². The number of nitrogens with two attached hydrogens (primary N) is 1. The van der Waals surface area contributed by atoms with Gasteiger partial charge in [0, 0.05) is 11.1 Å². The van der Waals surface area contributed by atoms with E-state index in [9.17, 15) is 4.39 Å². The molecule has 0 aromatic heterocycles. The smallest absolute Gasteiger partial charge is 0.162 e. The summed E-state index contributed by atoms with van der Waals surface area (Å²) >= 11 is 6.25. The van der Waals surface area contributed by atoms with Crippen molar-refractivity contribution in [3.05, 3.63) is 58.4 Å². The van der Waals surface area contributed by atoms with Gasteiger partial charge in [0.05, 0.1) is 6.04 Å². The normalized spacial score (nSPS) is 14.9. The van der Waals surface area contributed by atoms with Gasteiger partial charge in [-0.1, -0.05) is 23.7 Å². The van der Waals surface area contributed by atoms with Crippen molar-refractivity contribution in [2.24, 2.45) is 5.73 Å². The molecule has 1 atom stereocenters. The predicted octanol–water partition coefficient (Wildman–Crippen LogP) is 3.30. The first-order chi connectivity index (χ1) is 9.65. The van der Waals surface area contributed by atoms with E-state index in [2.05, 4.69) is 0 Å². The van der Waals surface area contributed by atoms with Crippen molar-refractivity contribution in [2.45, 2.75) is 6.04 Å². The molecule has 0 amide bonds. The largest absolute Gasteiger partial charge is 0.486 e. The molecule has 1 heterocycles. The number of rotatable bonds is 2. The average Bonchev–Trinajstić information content (AvgIpc) is 2.46. The highest BCUT2D eigenvalue weighted by Gasteiger charge is 2.19. The zero-order valence-electron chi connectivity index (χ0n) is 10.6. The Balaban J connectivity index is 1.98. The van der Waals surface area contributed by atoms with E-state index in [0.717, 1.165) is 11.1 Å². The molecule has 20 heavy (non-hydrogen) atoms. The second kappa shape index (κ2) is 5.31. The first kappa shape index (κ1) is 13.2. The van der Waals surface area contributed by atoms with Crippen LogP contribution in [0.1, 0.15) is 17.2 Å². The van der Waals surface area contributed by atoms with Gasteiger partial charge in [0.2, 0.25) is 0 Å². The standard InChI is InChI=1S/C15H13ClFNO2/c16-12-8-14-13(19-5-6-20-14)7-11(12)15(18)9-1-3-10(17)4-2-9/h1-4,7-8,15H,5-6,18H2. The minimum Gasteiger partial charge on any atom is -0.486 e. The summed E-state index contributed by atoms with van der Waals surface area (Å²) in [7, 11) is 0. The third kappa shape index (κ3) is 2.44. The van der Waals surface area contributed by atoms with Gasteiger partial charge in [-0.05, 0) is 29.3 Å². The molecule has 3 rings (SSSR count). The summed E-state index contributed by atoms with van der Waals surface area (Å²) in [6, 6.07) is 9.08. The number of fused-ring (bicyclic) bond motifs is 1. The molecule has 1 aliphatic rings. The van der Waals surface area contributed by atoms with E-state index < -0.39 is 6.04 Å². The lowest BCUT2D eigenvalue weighted by atomic mass is 9.99. The Bertz CT molecular complexity index is 631. The Morgan fingerprint density at radius 3 is 2.30 bits per heavy atom. The molecule has 104 valence electrons. The Labute approximate surface area is 121 Å². The molecule has 0 bridgehead atoms. The molecular formula is C15H13ClFNO2. The van der Waals surface area contributed by atoms with E-state index in [0.29, 0.717) is 29.7 Å². The van der Waals surface area contributed by atoms with E-state index >= 15 is 0 Å². The van der Waals surface area contributed by atoms with Crippen molar-refractivity contribution >= 4 is 11.6 Å². The fourth-order valence-electron chi connectivity index (χ4n) is 2.17. The molecule has 3 nitrogen and oxygen atoms in total. The van der Waals surface area contributed by atoms with E-state index in [1.54, 1.807) is 24.3 Å². The molecule has 2 aromatic carbocycles. The van der Waals surface area contributed by atoms with Gasteiger partial charge < -0.3 is 15.2 Å². The van der Waals surface area contributed by atoms with Crippen LogP contribution in [0.2, 0.25) is 5.02 Å². The fraction of sp³-hybridized carbons (Fsp3) is 0.200. The van der Waals surface area contributed by atoms with Crippen LogP contribution in [0.4, 0.5) is 4.39 Å². The van der Waals surface area contributed by atoms with E-state index in [-0.39, 0.29) is 5.82 Å². The summed E-state index contributed by atoms with van der Waals surface area (Å²) < 4.78 is 23.9. The highest BCUT2D eigenvalue weighted by molar-refractivity contribution is 6.31. The molecule has 1 unspecified atom stereocenters. The quantitative estimate of drug-likeness (QED) is 0.924. The summed E-state index contributed by atoms with van der Waals surface area (Å²) in [5.74, 6) is 0.957. The van der Waals surface area contributed by atoms with Crippen LogP contribution in [0.5, 0.6) is 11.5 Å². The van der Waals surface area contributed by atoms with Crippen LogP contribution in [0.25, 0.3) is 0 Å². The highest BCUT2D eigenvalue weighted by atomic mass is 35.5. The van der Waals surface area contributed by atoms with Gasteiger partial charge in [-0.3, -0.25) is 0 Å². The molecule has 2 N–H and O–H groups in total. The summed E-state index contributed by atoms with van der Waals surface area (Å²) in [4.78, 5) is 0. The Morgan fingerprint density at radius 2 is 1.65 bits per heavy atom. The van der Waals surface area contributed by atoms with Gasteiger partial charge in [-0.15, -0.1) is 0 Å². The third-order valence-corrected chi connectivity index (χ3v) is 3.55. The molecule has 1 aliphatic heterocycles. The third-order valence-electron chi connectivity index (χ3n) is 3.23. The van der Waals surface area contributed by atoms with E-state index in [1.165, 1.54) is 12.1 Å². The summed E-state index contributed by atoms with van der Waals surface area (Å²) in [5, 5.41) is 0.506. The topological polar surface area (TPSA) is 44.5 Å². The lowest BCUT2D eigenvalue weighted by molar-refractivity contribution is 0.171. The average molecular weight is 294 g/mol. The lowest BCUT2D eigenvalue weighted by Crippen LogP contribution is -2.17.